The van der Waals surface area contributed by atoms with Crippen LogP contribution in [0, 0.1) is 11.3 Å². The van der Waals surface area contributed by atoms with Gasteiger partial charge in [0.15, 0.2) is 0 Å². The summed E-state index contributed by atoms with van der Waals surface area (Å²) in [5.74, 6) is 0.977. The van der Waals surface area contributed by atoms with Crippen molar-refractivity contribution >= 4 is 23.1 Å². The number of nitriles is 1. The molecule has 0 aliphatic heterocycles. The lowest BCUT2D eigenvalue weighted by atomic mass is 10.2. The molecule has 0 aromatic carbocycles. The fourth-order valence-electron chi connectivity index (χ4n) is 1.38. The molecule has 88 valence electrons. The van der Waals surface area contributed by atoms with E-state index in [4.69, 9.17) is 5.26 Å². The van der Waals surface area contributed by atoms with Gasteiger partial charge in [-0.1, -0.05) is 27.2 Å². The van der Waals surface area contributed by atoms with Gasteiger partial charge in [-0.05, 0) is 11.7 Å². The first kappa shape index (κ1) is 13.5. The first-order valence-corrected chi connectivity index (χ1v) is 7.49. The summed E-state index contributed by atoms with van der Waals surface area (Å²) < 4.78 is 0. The number of thioether (sulfide) groups is 1. The lowest BCUT2D eigenvalue weighted by Crippen LogP contribution is -1.91. The van der Waals surface area contributed by atoms with Crippen molar-refractivity contribution < 1.29 is 0 Å². The van der Waals surface area contributed by atoms with Gasteiger partial charge in [-0.25, -0.2) is 4.98 Å². The summed E-state index contributed by atoms with van der Waals surface area (Å²) in [5.41, 5.74) is 1.15. The Labute approximate surface area is 106 Å². The van der Waals surface area contributed by atoms with Gasteiger partial charge < -0.3 is 0 Å². The molecule has 0 unspecified atom stereocenters. The smallest absolute Gasteiger partial charge is 0.103 e. The fraction of sp³-hybridized carbons (Fsp3) is 0.667. The predicted molar refractivity (Wildman–Crippen MR) is 71.9 cm³/mol. The van der Waals surface area contributed by atoms with Crippen molar-refractivity contribution in [2.75, 3.05) is 0 Å². The Morgan fingerprint density at radius 3 is 2.81 bits per heavy atom. The van der Waals surface area contributed by atoms with Crippen LogP contribution < -0.4 is 0 Å². The molecule has 0 aliphatic rings. The van der Waals surface area contributed by atoms with E-state index >= 15 is 0 Å². The van der Waals surface area contributed by atoms with Gasteiger partial charge in [0, 0.05) is 10.6 Å². The molecule has 0 saturated carbocycles. The van der Waals surface area contributed by atoms with E-state index in [0.29, 0.717) is 11.7 Å². The summed E-state index contributed by atoms with van der Waals surface area (Å²) in [6.45, 7) is 6.54. The van der Waals surface area contributed by atoms with E-state index in [1.807, 2.05) is 11.8 Å². The molecule has 1 rings (SSSR count). The van der Waals surface area contributed by atoms with Crippen molar-refractivity contribution in [1.82, 2.24) is 4.98 Å². The molecule has 4 heteroatoms. The average Bonchev–Trinajstić information content (AvgIpc) is 2.59. The van der Waals surface area contributed by atoms with Crippen LogP contribution in [0.15, 0.2) is 0 Å². The van der Waals surface area contributed by atoms with Crippen molar-refractivity contribution in [3.05, 3.63) is 15.6 Å². The third-order valence-electron chi connectivity index (χ3n) is 2.09. The maximum absolute atomic E-state index is 8.76. The Morgan fingerprint density at radius 2 is 2.25 bits per heavy atom. The fourth-order valence-corrected chi connectivity index (χ4v) is 3.20. The lowest BCUT2D eigenvalue weighted by molar-refractivity contribution is 0.875. The number of aromatic nitrogens is 1. The molecular formula is C12H18N2S2. The van der Waals surface area contributed by atoms with Crippen LogP contribution in [-0.4, -0.2) is 10.2 Å². The summed E-state index contributed by atoms with van der Waals surface area (Å²) >= 11 is 3.62. The summed E-state index contributed by atoms with van der Waals surface area (Å²) in [4.78, 5) is 5.81. The minimum Gasteiger partial charge on any atom is -0.245 e. The summed E-state index contributed by atoms with van der Waals surface area (Å²) in [6, 6.07) is 2.22. The van der Waals surface area contributed by atoms with Crippen molar-refractivity contribution in [2.24, 2.45) is 0 Å². The largest absolute Gasteiger partial charge is 0.245 e. The average molecular weight is 254 g/mol. The van der Waals surface area contributed by atoms with Crippen molar-refractivity contribution in [1.29, 1.82) is 5.26 Å². The van der Waals surface area contributed by atoms with Gasteiger partial charge in [-0.2, -0.15) is 17.0 Å². The molecule has 1 aromatic rings. The van der Waals surface area contributed by atoms with Crippen LogP contribution in [0.1, 0.15) is 42.8 Å². The number of hydrogen-bond acceptors (Lipinski definition) is 4. The molecule has 0 spiro atoms. The molecule has 0 N–H and O–H groups in total. The van der Waals surface area contributed by atoms with Gasteiger partial charge in [0.2, 0.25) is 0 Å². The second-order valence-corrected chi connectivity index (χ2v) is 6.66. The molecule has 0 radical (unpaired) electrons. The van der Waals surface area contributed by atoms with Crippen LogP contribution in [0.5, 0.6) is 0 Å². The molecule has 0 saturated heterocycles. The van der Waals surface area contributed by atoms with Crippen LogP contribution in [0.3, 0.4) is 0 Å². The zero-order valence-electron chi connectivity index (χ0n) is 10.1. The molecule has 0 amide bonds. The van der Waals surface area contributed by atoms with E-state index < -0.39 is 0 Å². The van der Waals surface area contributed by atoms with Crippen LogP contribution in [0.2, 0.25) is 0 Å². The number of aryl methyl sites for hydroxylation is 1. The Kier molecular flexibility index (Phi) is 5.86. The molecule has 1 heterocycles. The molecule has 0 fully saturated rings. The molecule has 0 atom stereocenters. The lowest BCUT2D eigenvalue weighted by Gasteiger charge is -2.00. The van der Waals surface area contributed by atoms with Crippen LogP contribution in [0.4, 0.5) is 0 Å². The summed E-state index contributed by atoms with van der Waals surface area (Å²) in [7, 11) is 0. The van der Waals surface area contributed by atoms with Gasteiger partial charge in [-0.3, -0.25) is 0 Å². The molecule has 16 heavy (non-hydrogen) atoms. The Bertz CT molecular complexity index is 364. The Hall–Kier alpha value is -0.530. The second kappa shape index (κ2) is 6.93. The standard InChI is InChI=1S/C12H18N2S2/c1-4-5-10-11(6-7-13)16-12(14-10)8-15-9(2)3/h9H,4-6,8H2,1-3H3. The highest BCUT2D eigenvalue weighted by atomic mass is 32.2. The zero-order chi connectivity index (χ0) is 12.0. The highest BCUT2D eigenvalue weighted by molar-refractivity contribution is 7.99. The van der Waals surface area contributed by atoms with Crippen LogP contribution >= 0.6 is 23.1 Å². The predicted octanol–water partition coefficient (Wildman–Crippen LogP) is 3.80. The maximum Gasteiger partial charge on any atom is 0.103 e. The first-order valence-electron chi connectivity index (χ1n) is 5.63. The van der Waals surface area contributed by atoms with Gasteiger partial charge in [0.25, 0.3) is 0 Å². The van der Waals surface area contributed by atoms with Crippen molar-refractivity contribution in [3.63, 3.8) is 0 Å². The SMILES string of the molecule is CCCc1nc(CSC(C)C)sc1CC#N. The number of thiazole rings is 1. The van der Waals surface area contributed by atoms with Gasteiger partial charge in [0.05, 0.1) is 18.2 Å². The van der Waals surface area contributed by atoms with Crippen LogP contribution in [0.25, 0.3) is 0 Å². The monoisotopic (exact) mass is 254 g/mol. The Morgan fingerprint density at radius 1 is 1.50 bits per heavy atom. The van der Waals surface area contributed by atoms with Crippen molar-refractivity contribution in [2.45, 2.75) is 51.0 Å². The third-order valence-corrected chi connectivity index (χ3v) is 4.48. The molecule has 0 aliphatic carbocycles. The molecular weight excluding hydrogens is 236 g/mol. The minimum absolute atomic E-state index is 0.513. The number of hydrogen-bond donors (Lipinski definition) is 0. The van der Waals surface area contributed by atoms with Crippen molar-refractivity contribution in [3.8, 4) is 6.07 Å². The number of rotatable bonds is 6. The van der Waals surface area contributed by atoms with E-state index in [2.05, 4.69) is 31.8 Å². The third kappa shape index (κ3) is 4.15. The minimum atomic E-state index is 0.513. The Balaban J connectivity index is 2.72. The van der Waals surface area contributed by atoms with E-state index in [9.17, 15) is 0 Å². The molecule has 1 aromatic heterocycles. The quantitative estimate of drug-likeness (QED) is 0.774. The first-order chi connectivity index (χ1) is 7.67. The number of nitrogens with zero attached hydrogens (tertiary/aromatic N) is 2. The molecule has 2 nitrogen and oxygen atoms in total. The van der Waals surface area contributed by atoms with E-state index in [0.717, 1.165) is 24.3 Å². The normalized spacial score (nSPS) is 10.7. The zero-order valence-corrected chi connectivity index (χ0v) is 11.7. The topological polar surface area (TPSA) is 36.7 Å². The summed E-state index contributed by atoms with van der Waals surface area (Å²) in [5, 5.41) is 10.6. The van der Waals surface area contributed by atoms with E-state index in [1.54, 1.807) is 11.3 Å². The van der Waals surface area contributed by atoms with Gasteiger partial charge in [-0.15, -0.1) is 11.3 Å². The van der Waals surface area contributed by atoms with E-state index in [1.165, 1.54) is 9.88 Å². The van der Waals surface area contributed by atoms with Crippen LogP contribution in [-0.2, 0) is 18.6 Å². The maximum atomic E-state index is 8.76. The molecule has 0 bridgehead atoms. The highest BCUT2D eigenvalue weighted by Crippen LogP contribution is 2.25. The van der Waals surface area contributed by atoms with E-state index in [-0.39, 0.29) is 0 Å². The summed E-state index contributed by atoms with van der Waals surface area (Å²) in [6.07, 6.45) is 2.61. The van der Waals surface area contributed by atoms with Gasteiger partial charge in [0.1, 0.15) is 5.01 Å². The second-order valence-electron chi connectivity index (χ2n) is 3.92. The highest BCUT2D eigenvalue weighted by Gasteiger charge is 2.10. The van der Waals surface area contributed by atoms with Gasteiger partial charge >= 0.3 is 0 Å².